The highest BCUT2D eigenvalue weighted by molar-refractivity contribution is 5.23. The molecule has 2 aromatic rings. The fourth-order valence-corrected chi connectivity index (χ4v) is 2.42. The van der Waals surface area contributed by atoms with Gasteiger partial charge >= 0.3 is 0 Å². The van der Waals surface area contributed by atoms with Crippen molar-refractivity contribution in [2.45, 2.75) is 65.6 Å². The Morgan fingerprint density at radius 2 is 2.00 bits per heavy atom. The van der Waals surface area contributed by atoms with Crippen molar-refractivity contribution in [2.75, 3.05) is 0 Å². The molecule has 0 spiro atoms. The minimum absolute atomic E-state index is 0.0848. The lowest BCUT2D eigenvalue weighted by Crippen LogP contribution is -2.34. The molecular formula is C16H27N5. The number of hydrogen-bond donors (Lipinski definition) is 2. The zero-order chi connectivity index (χ0) is 15.6. The van der Waals surface area contributed by atoms with Gasteiger partial charge in [0.2, 0.25) is 0 Å². The zero-order valence-electron chi connectivity index (χ0n) is 13.9. The van der Waals surface area contributed by atoms with Crippen molar-refractivity contribution in [3.63, 3.8) is 0 Å². The summed E-state index contributed by atoms with van der Waals surface area (Å²) in [6.07, 6.45) is 5.90. The van der Waals surface area contributed by atoms with Crippen LogP contribution >= 0.6 is 0 Å². The number of H-pyrrole nitrogens is 1. The molecule has 0 radical (unpaired) electrons. The first kappa shape index (κ1) is 15.8. The Balaban J connectivity index is 1.98. The Kier molecular flexibility index (Phi) is 4.52. The van der Waals surface area contributed by atoms with Crippen molar-refractivity contribution in [3.8, 4) is 0 Å². The van der Waals surface area contributed by atoms with Gasteiger partial charge < -0.3 is 5.32 Å². The summed E-state index contributed by atoms with van der Waals surface area (Å²) in [6, 6.07) is 0.635. The first-order valence-electron chi connectivity index (χ1n) is 7.56. The van der Waals surface area contributed by atoms with Crippen molar-refractivity contribution in [1.29, 1.82) is 0 Å². The standard InChI is InChI=1S/C16H27N5/c1-11-7-19-21(10-11)13(3)12(2)17-8-14-9-18-20-15(14)16(4,5)6/h7,9-10,12-13,17H,8H2,1-6H3,(H,18,20). The first-order valence-corrected chi connectivity index (χ1v) is 7.56. The maximum Gasteiger partial charge on any atom is 0.0641 e. The highest BCUT2D eigenvalue weighted by Gasteiger charge is 2.21. The Labute approximate surface area is 127 Å². The molecule has 0 bridgehead atoms. The first-order chi connectivity index (χ1) is 9.79. The van der Waals surface area contributed by atoms with E-state index in [0.29, 0.717) is 12.1 Å². The second kappa shape index (κ2) is 6.02. The second-order valence-electron chi connectivity index (χ2n) is 6.93. The van der Waals surface area contributed by atoms with Gasteiger partial charge in [-0.25, -0.2) is 0 Å². The van der Waals surface area contributed by atoms with Crippen molar-refractivity contribution < 1.29 is 0 Å². The molecule has 2 unspecified atom stereocenters. The summed E-state index contributed by atoms with van der Waals surface area (Å²) in [5.41, 5.74) is 3.71. The van der Waals surface area contributed by atoms with Crippen LogP contribution in [0.3, 0.4) is 0 Å². The molecule has 0 aromatic carbocycles. The van der Waals surface area contributed by atoms with Crippen molar-refractivity contribution in [1.82, 2.24) is 25.3 Å². The molecule has 0 aliphatic carbocycles. The van der Waals surface area contributed by atoms with E-state index >= 15 is 0 Å². The fourth-order valence-electron chi connectivity index (χ4n) is 2.42. The van der Waals surface area contributed by atoms with Gasteiger partial charge in [0.25, 0.3) is 0 Å². The lowest BCUT2D eigenvalue weighted by atomic mass is 9.89. The average Bonchev–Trinajstić information content (AvgIpc) is 3.02. The van der Waals surface area contributed by atoms with Gasteiger partial charge in [0.1, 0.15) is 0 Å². The number of aryl methyl sites for hydroxylation is 1. The van der Waals surface area contributed by atoms with Gasteiger partial charge in [-0.15, -0.1) is 0 Å². The number of nitrogens with one attached hydrogen (secondary N) is 2. The summed E-state index contributed by atoms with van der Waals surface area (Å²) in [5, 5.41) is 15.3. The van der Waals surface area contributed by atoms with Gasteiger partial charge in [0, 0.05) is 35.5 Å². The van der Waals surface area contributed by atoms with Gasteiger partial charge in [0.05, 0.1) is 18.4 Å². The lowest BCUT2D eigenvalue weighted by molar-refractivity contribution is 0.364. The number of hydrogen-bond acceptors (Lipinski definition) is 3. The topological polar surface area (TPSA) is 58.5 Å². The molecule has 116 valence electrons. The van der Waals surface area contributed by atoms with Crippen LogP contribution in [0.15, 0.2) is 18.6 Å². The summed E-state index contributed by atoms with van der Waals surface area (Å²) in [6.45, 7) is 13.8. The summed E-state index contributed by atoms with van der Waals surface area (Å²) in [7, 11) is 0. The molecule has 0 aliphatic rings. The third-order valence-corrected chi connectivity index (χ3v) is 3.95. The Hall–Kier alpha value is -1.62. The summed E-state index contributed by atoms with van der Waals surface area (Å²) >= 11 is 0. The summed E-state index contributed by atoms with van der Waals surface area (Å²) in [4.78, 5) is 0. The van der Waals surface area contributed by atoms with Gasteiger partial charge in [-0.2, -0.15) is 10.2 Å². The molecule has 2 aromatic heterocycles. The smallest absolute Gasteiger partial charge is 0.0641 e. The van der Waals surface area contributed by atoms with Gasteiger partial charge in [-0.05, 0) is 26.3 Å². The molecule has 0 amide bonds. The van der Waals surface area contributed by atoms with E-state index in [0.717, 1.165) is 6.54 Å². The molecule has 2 atom stereocenters. The third-order valence-electron chi connectivity index (χ3n) is 3.95. The van der Waals surface area contributed by atoms with E-state index in [9.17, 15) is 0 Å². The predicted molar refractivity (Wildman–Crippen MR) is 85.3 cm³/mol. The Morgan fingerprint density at radius 1 is 1.29 bits per heavy atom. The number of nitrogens with zero attached hydrogens (tertiary/aromatic N) is 3. The van der Waals surface area contributed by atoms with Gasteiger partial charge in [0.15, 0.2) is 0 Å². The lowest BCUT2D eigenvalue weighted by Gasteiger charge is -2.23. The highest BCUT2D eigenvalue weighted by Crippen LogP contribution is 2.23. The molecule has 21 heavy (non-hydrogen) atoms. The van der Waals surface area contributed by atoms with Crippen LogP contribution in [0.4, 0.5) is 0 Å². The van der Waals surface area contributed by atoms with Crippen LogP contribution in [0.5, 0.6) is 0 Å². The zero-order valence-corrected chi connectivity index (χ0v) is 13.9. The normalized spacial score (nSPS) is 15.1. The van der Waals surface area contributed by atoms with E-state index in [-0.39, 0.29) is 5.41 Å². The minimum atomic E-state index is 0.0848. The van der Waals surface area contributed by atoms with Crippen molar-refractivity contribution >= 4 is 0 Å². The summed E-state index contributed by atoms with van der Waals surface area (Å²) in [5.74, 6) is 0. The van der Waals surface area contributed by atoms with Crippen LogP contribution in [0.2, 0.25) is 0 Å². The van der Waals surface area contributed by atoms with Crippen LogP contribution < -0.4 is 5.32 Å². The van der Waals surface area contributed by atoms with E-state index in [1.54, 1.807) is 0 Å². The molecule has 0 saturated heterocycles. The Morgan fingerprint density at radius 3 is 2.57 bits per heavy atom. The largest absolute Gasteiger partial charge is 0.308 e. The molecular weight excluding hydrogens is 262 g/mol. The van der Waals surface area contributed by atoms with Crippen LogP contribution in [0.25, 0.3) is 0 Å². The number of aromatic amines is 1. The van der Waals surface area contributed by atoms with E-state index in [1.165, 1.54) is 16.8 Å². The predicted octanol–water partition coefficient (Wildman–Crippen LogP) is 2.95. The minimum Gasteiger partial charge on any atom is -0.308 e. The fraction of sp³-hybridized carbons (Fsp3) is 0.625. The van der Waals surface area contributed by atoms with Crippen molar-refractivity contribution in [2.24, 2.45) is 0 Å². The molecule has 0 saturated carbocycles. The monoisotopic (exact) mass is 289 g/mol. The SMILES string of the molecule is Cc1cnn(C(C)C(C)NCc2cn[nH]c2C(C)(C)C)c1. The number of aromatic nitrogens is 4. The van der Waals surface area contributed by atoms with E-state index in [2.05, 4.69) is 68.4 Å². The molecule has 5 nitrogen and oxygen atoms in total. The molecule has 0 aliphatic heterocycles. The molecule has 2 rings (SSSR count). The van der Waals surface area contributed by atoms with E-state index in [4.69, 9.17) is 0 Å². The summed E-state index contributed by atoms with van der Waals surface area (Å²) < 4.78 is 2.02. The molecule has 2 heterocycles. The van der Waals surface area contributed by atoms with Crippen LogP contribution in [-0.2, 0) is 12.0 Å². The Bertz CT molecular complexity index is 576. The molecule has 0 fully saturated rings. The molecule has 2 N–H and O–H groups in total. The maximum atomic E-state index is 4.40. The van der Waals surface area contributed by atoms with Crippen LogP contribution in [0, 0.1) is 6.92 Å². The van der Waals surface area contributed by atoms with Crippen molar-refractivity contribution in [3.05, 3.63) is 35.4 Å². The molecule has 5 heteroatoms. The van der Waals surface area contributed by atoms with Gasteiger partial charge in [-0.3, -0.25) is 9.78 Å². The quantitative estimate of drug-likeness (QED) is 0.889. The van der Waals surface area contributed by atoms with E-state index < -0.39 is 0 Å². The second-order valence-corrected chi connectivity index (χ2v) is 6.93. The highest BCUT2D eigenvalue weighted by atomic mass is 15.3. The van der Waals surface area contributed by atoms with Crippen LogP contribution in [-0.4, -0.2) is 26.0 Å². The number of rotatable bonds is 5. The third kappa shape index (κ3) is 3.73. The maximum absolute atomic E-state index is 4.40. The van der Waals surface area contributed by atoms with E-state index in [1.807, 2.05) is 17.1 Å². The van der Waals surface area contributed by atoms with Gasteiger partial charge in [-0.1, -0.05) is 20.8 Å². The van der Waals surface area contributed by atoms with Crippen LogP contribution in [0.1, 0.15) is 57.5 Å². The average molecular weight is 289 g/mol.